The van der Waals surface area contributed by atoms with Gasteiger partial charge in [0.15, 0.2) is 5.96 Å². The van der Waals surface area contributed by atoms with Crippen LogP contribution in [0.15, 0.2) is 23.5 Å². The van der Waals surface area contributed by atoms with Crippen LogP contribution in [-0.4, -0.2) is 51.0 Å². The summed E-state index contributed by atoms with van der Waals surface area (Å²) >= 11 is 0. The lowest BCUT2D eigenvalue weighted by molar-refractivity contribution is 0.581. The SMILES string of the molecule is CN=C(NCCc1ccncc1C)NC(C)CCS(C)(=O)=O. The zero-order valence-electron chi connectivity index (χ0n) is 13.8. The quantitative estimate of drug-likeness (QED) is 0.575. The maximum absolute atomic E-state index is 11.2. The molecule has 1 heterocycles. The van der Waals surface area contributed by atoms with Gasteiger partial charge in [-0.05, 0) is 43.9 Å². The van der Waals surface area contributed by atoms with Gasteiger partial charge in [-0.2, -0.15) is 0 Å². The number of nitrogens with one attached hydrogen (secondary N) is 2. The standard InChI is InChI=1S/C15H26N4O2S/c1-12-11-17-8-5-14(12)6-9-18-15(16-3)19-13(2)7-10-22(4,20)21/h5,8,11,13H,6-7,9-10H2,1-4H3,(H2,16,18,19). The summed E-state index contributed by atoms with van der Waals surface area (Å²) in [7, 11) is -1.22. The van der Waals surface area contributed by atoms with Gasteiger partial charge in [0, 0.05) is 38.3 Å². The Labute approximate surface area is 133 Å². The lowest BCUT2D eigenvalue weighted by Crippen LogP contribution is -2.43. The summed E-state index contributed by atoms with van der Waals surface area (Å²) in [4.78, 5) is 8.24. The number of nitrogens with zero attached hydrogens (tertiary/aromatic N) is 2. The molecule has 1 aromatic heterocycles. The van der Waals surface area contributed by atoms with Crippen LogP contribution in [0.1, 0.15) is 24.5 Å². The molecule has 124 valence electrons. The molecular formula is C15H26N4O2S. The number of rotatable bonds is 7. The highest BCUT2D eigenvalue weighted by Crippen LogP contribution is 2.04. The number of guanidine groups is 1. The van der Waals surface area contributed by atoms with Crippen LogP contribution in [0.4, 0.5) is 0 Å². The van der Waals surface area contributed by atoms with E-state index in [-0.39, 0.29) is 11.8 Å². The molecule has 0 aliphatic rings. The van der Waals surface area contributed by atoms with E-state index in [1.165, 1.54) is 17.4 Å². The number of aryl methyl sites for hydroxylation is 1. The van der Waals surface area contributed by atoms with Crippen LogP contribution >= 0.6 is 0 Å². The molecule has 1 rings (SSSR count). The summed E-state index contributed by atoms with van der Waals surface area (Å²) in [5.74, 6) is 0.863. The summed E-state index contributed by atoms with van der Waals surface area (Å²) in [6.07, 6.45) is 6.35. The number of aromatic nitrogens is 1. The van der Waals surface area contributed by atoms with Crippen LogP contribution in [0.2, 0.25) is 0 Å². The van der Waals surface area contributed by atoms with Crippen LogP contribution in [0.5, 0.6) is 0 Å². The minimum atomic E-state index is -2.93. The summed E-state index contributed by atoms with van der Waals surface area (Å²) in [5.41, 5.74) is 2.43. The highest BCUT2D eigenvalue weighted by Gasteiger charge is 2.09. The van der Waals surface area contributed by atoms with Crippen LogP contribution in [-0.2, 0) is 16.3 Å². The number of sulfone groups is 1. The van der Waals surface area contributed by atoms with Gasteiger partial charge in [0.2, 0.25) is 0 Å². The Morgan fingerprint density at radius 1 is 1.45 bits per heavy atom. The summed E-state index contributed by atoms with van der Waals surface area (Å²) in [6, 6.07) is 2.06. The maximum atomic E-state index is 11.2. The first-order chi connectivity index (χ1) is 10.3. The van der Waals surface area contributed by atoms with Gasteiger partial charge in [0.1, 0.15) is 9.84 Å². The molecular weight excluding hydrogens is 300 g/mol. The van der Waals surface area contributed by atoms with Crippen molar-refractivity contribution in [1.29, 1.82) is 0 Å². The first-order valence-corrected chi connectivity index (χ1v) is 9.42. The molecule has 6 nitrogen and oxygen atoms in total. The number of hydrogen-bond acceptors (Lipinski definition) is 4. The summed E-state index contributed by atoms with van der Waals surface area (Å²) in [5, 5.41) is 6.44. The molecule has 22 heavy (non-hydrogen) atoms. The molecule has 0 spiro atoms. The van der Waals surface area contributed by atoms with Crippen molar-refractivity contribution in [2.45, 2.75) is 32.7 Å². The molecule has 0 saturated heterocycles. The number of hydrogen-bond donors (Lipinski definition) is 2. The molecule has 1 atom stereocenters. The van der Waals surface area contributed by atoms with E-state index in [4.69, 9.17) is 0 Å². The molecule has 0 saturated carbocycles. The van der Waals surface area contributed by atoms with E-state index in [9.17, 15) is 8.42 Å². The third-order valence-corrected chi connectivity index (χ3v) is 4.33. The first kappa shape index (κ1) is 18.4. The van der Waals surface area contributed by atoms with Gasteiger partial charge in [-0.3, -0.25) is 9.98 Å². The zero-order valence-corrected chi connectivity index (χ0v) is 14.6. The Morgan fingerprint density at radius 3 is 2.77 bits per heavy atom. The van der Waals surface area contributed by atoms with Crippen molar-refractivity contribution in [1.82, 2.24) is 15.6 Å². The lowest BCUT2D eigenvalue weighted by atomic mass is 10.1. The third-order valence-electron chi connectivity index (χ3n) is 3.35. The second-order valence-corrected chi connectivity index (χ2v) is 7.77. The fourth-order valence-corrected chi connectivity index (χ4v) is 2.77. The van der Waals surface area contributed by atoms with Crippen molar-refractivity contribution < 1.29 is 8.42 Å². The van der Waals surface area contributed by atoms with E-state index in [2.05, 4.69) is 20.6 Å². The highest BCUT2D eigenvalue weighted by molar-refractivity contribution is 7.90. The molecule has 7 heteroatoms. The molecule has 0 amide bonds. The van der Waals surface area contributed by atoms with Gasteiger partial charge in [-0.1, -0.05) is 0 Å². The normalized spacial score (nSPS) is 13.7. The molecule has 1 aromatic rings. The van der Waals surface area contributed by atoms with Gasteiger partial charge in [0.25, 0.3) is 0 Å². The maximum Gasteiger partial charge on any atom is 0.191 e. The predicted molar refractivity (Wildman–Crippen MR) is 91.0 cm³/mol. The van der Waals surface area contributed by atoms with Gasteiger partial charge < -0.3 is 10.6 Å². The van der Waals surface area contributed by atoms with E-state index in [1.54, 1.807) is 13.2 Å². The molecule has 0 aromatic carbocycles. The molecule has 1 unspecified atom stereocenters. The van der Waals surface area contributed by atoms with Gasteiger partial charge in [-0.15, -0.1) is 0 Å². The van der Waals surface area contributed by atoms with Crippen molar-refractivity contribution in [2.75, 3.05) is 25.6 Å². The Morgan fingerprint density at radius 2 is 2.18 bits per heavy atom. The molecule has 0 radical (unpaired) electrons. The molecule has 0 bridgehead atoms. The smallest absolute Gasteiger partial charge is 0.191 e. The van der Waals surface area contributed by atoms with Gasteiger partial charge >= 0.3 is 0 Å². The van der Waals surface area contributed by atoms with Gasteiger partial charge in [0.05, 0.1) is 5.75 Å². The Balaban J connectivity index is 2.38. The molecule has 0 fully saturated rings. The Hall–Kier alpha value is -1.63. The predicted octanol–water partition coefficient (Wildman–Crippen LogP) is 0.921. The van der Waals surface area contributed by atoms with Crippen LogP contribution in [0, 0.1) is 6.92 Å². The average molecular weight is 326 g/mol. The van der Waals surface area contributed by atoms with E-state index >= 15 is 0 Å². The lowest BCUT2D eigenvalue weighted by Gasteiger charge is -2.17. The number of aliphatic imine (C=N–C) groups is 1. The minimum absolute atomic E-state index is 0.0450. The minimum Gasteiger partial charge on any atom is -0.356 e. The van der Waals surface area contributed by atoms with Crippen molar-refractivity contribution in [3.05, 3.63) is 29.6 Å². The molecule has 0 aliphatic heterocycles. The fraction of sp³-hybridized carbons (Fsp3) is 0.600. The number of pyridine rings is 1. The van der Waals surface area contributed by atoms with Crippen molar-refractivity contribution in [2.24, 2.45) is 4.99 Å². The summed E-state index contributed by atoms with van der Waals surface area (Å²) < 4.78 is 22.3. The highest BCUT2D eigenvalue weighted by atomic mass is 32.2. The largest absolute Gasteiger partial charge is 0.356 e. The van der Waals surface area contributed by atoms with Crippen LogP contribution in [0.25, 0.3) is 0 Å². The van der Waals surface area contributed by atoms with Crippen LogP contribution in [0.3, 0.4) is 0 Å². The monoisotopic (exact) mass is 326 g/mol. The zero-order chi connectivity index (χ0) is 16.6. The van der Waals surface area contributed by atoms with Crippen molar-refractivity contribution in [3.63, 3.8) is 0 Å². The molecule has 0 aliphatic carbocycles. The molecule has 2 N–H and O–H groups in total. The third kappa shape index (κ3) is 7.40. The van der Waals surface area contributed by atoms with E-state index in [0.717, 1.165) is 13.0 Å². The van der Waals surface area contributed by atoms with Crippen molar-refractivity contribution in [3.8, 4) is 0 Å². The van der Waals surface area contributed by atoms with Crippen LogP contribution < -0.4 is 10.6 Å². The first-order valence-electron chi connectivity index (χ1n) is 7.36. The van der Waals surface area contributed by atoms with Crippen molar-refractivity contribution >= 4 is 15.8 Å². The fourth-order valence-electron chi connectivity index (χ4n) is 1.99. The topological polar surface area (TPSA) is 83.4 Å². The van der Waals surface area contributed by atoms with E-state index in [0.29, 0.717) is 12.4 Å². The average Bonchev–Trinajstić information content (AvgIpc) is 2.45. The van der Waals surface area contributed by atoms with E-state index in [1.807, 2.05) is 26.1 Å². The second kappa shape index (κ2) is 8.73. The van der Waals surface area contributed by atoms with Gasteiger partial charge in [-0.25, -0.2) is 8.42 Å². The Bertz CT molecular complexity index is 599. The van der Waals surface area contributed by atoms with E-state index < -0.39 is 9.84 Å². The second-order valence-electron chi connectivity index (χ2n) is 5.52. The summed E-state index contributed by atoms with van der Waals surface area (Å²) in [6.45, 7) is 4.75. The Kier molecular flexibility index (Phi) is 7.31.